The zero-order valence-electron chi connectivity index (χ0n) is 10.4. The Kier molecular flexibility index (Phi) is 5.50. The number of aromatic nitrogens is 1. The van der Waals surface area contributed by atoms with Gasteiger partial charge < -0.3 is 15.5 Å². The number of thioether (sulfide) groups is 1. The highest BCUT2D eigenvalue weighted by Gasteiger charge is 2.13. The molecule has 0 saturated carbocycles. The van der Waals surface area contributed by atoms with Gasteiger partial charge in [-0.2, -0.15) is 11.8 Å². The van der Waals surface area contributed by atoms with Gasteiger partial charge in [0.25, 0.3) is 0 Å². The van der Waals surface area contributed by atoms with Crippen molar-refractivity contribution in [1.82, 2.24) is 10.3 Å². The number of rotatable bonds is 6. The first-order valence-corrected chi connectivity index (χ1v) is 6.89. The van der Waals surface area contributed by atoms with E-state index in [2.05, 4.69) is 10.3 Å². The average molecular weight is 257 g/mol. The molecule has 0 unspecified atom stereocenters. The van der Waals surface area contributed by atoms with Crippen LogP contribution in [0.1, 0.15) is 23.8 Å². The molecule has 3 N–H and O–H groups in total. The highest BCUT2D eigenvalue weighted by Crippen LogP contribution is 2.07. The highest BCUT2D eigenvalue weighted by molar-refractivity contribution is 7.98. The third-order valence-electron chi connectivity index (χ3n) is 2.46. The van der Waals surface area contributed by atoms with Gasteiger partial charge in [-0.3, -0.25) is 4.79 Å². The zero-order valence-corrected chi connectivity index (χ0v) is 11.3. The third-order valence-corrected chi connectivity index (χ3v) is 3.10. The Morgan fingerprint density at radius 1 is 1.59 bits per heavy atom. The largest absolute Gasteiger partial charge is 0.444 e. The molecule has 1 aromatic heterocycles. The number of oxazole rings is 1. The smallest absolute Gasteiger partial charge is 0.237 e. The van der Waals surface area contributed by atoms with E-state index in [0.29, 0.717) is 18.9 Å². The second-order valence-corrected chi connectivity index (χ2v) is 4.84. The van der Waals surface area contributed by atoms with Crippen LogP contribution in [0.4, 0.5) is 0 Å². The lowest BCUT2D eigenvalue weighted by Crippen LogP contribution is -2.40. The molecule has 6 heteroatoms. The summed E-state index contributed by atoms with van der Waals surface area (Å²) in [4.78, 5) is 15.8. The van der Waals surface area contributed by atoms with Crippen LogP contribution < -0.4 is 11.1 Å². The van der Waals surface area contributed by atoms with Crippen LogP contribution in [0, 0.1) is 13.8 Å². The minimum atomic E-state index is -0.459. The Hall–Kier alpha value is -1.01. The van der Waals surface area contributed by atoms with Gasteiger partial charge in [-0.25, -0.2) is 4.98 Å². The molecule has 0 aliphatic carbocycles. The van der Waals surface area contributed by atoms with E-state index in [0.717, 1.165) is 17.2 Å². The van der Waals surface area contributed by atoms with Gasteiger partial charge in [-0.05, 0) is 32.3 Å². The molecular formula is C11H19N3O2S. The van der Waals surface area contributed by atoms with Crippen LogP contribution in [0.25, 0.3) is 0 Å². The van der Waals surface area contributed by atoms with Crippen molar-refractivity contribution in [2.24, 2.45) is 5.73 Å². The minimum Gasteiger partial charge on any atom is -0.444 e. The normalized spacial score (nSPS) is 12.5. The fourth-order valence-corrected chi connectivity index (χ4v) is 1.77. The topological polar surface area (TPSA) is 81.2 Å². The molecule has 1 heterocycles. The van der Waals surface area contributed by atoms with E-state index in [1.807, 2.05) is 20.1 Å². The van der Waals surface area contributed by atoms with Crippen LogP contribution >= 0.6 is 11.8 Å². The number of amides is 1. The van der Waals surface area contributed by atoms with Crippen molar-refractivity contribution in [2.45, 2.75) is 32.9 Å². The van der Waals surface area contributed by atoms with E-state index in [-0.39, 0.29) is 5.91 Å². The van der Waals surface area contributed by atoms with Crippen LogP contribution in [0.5, 0.6) is 0 Å². The number of hydrogen-bond donors (Lipinski definition) is 2. The van der Waals surface area contributed by atoms with Gasteiger partial charge in [-0.15, -0.1) is 0 Å². The first kappa shape index (κ1) is 14.1. The van der Waals surface area contributed by atoms with Crippen molar-refractivity contribution < 1.29 is 9.21 Å². The van der Waals surface area contributed by atoms with Crippen LogP contribution in [-0.4, -0.2) is 28.9 Å². The van der Waals surface area contributed by atoms with Gasteiger partial charge in [0.2, 0.25) is 11.8 Å². The van der Waals surface area contributed by atoms with E-state index >= 15 is 0 Å². The summed E-state index contributed by atoms with van der Waals surface area (Å²) in [5, 5.41) is 2.72. The van der Waals surface area contributed by atoms with Crippen molar-refractivity contribution >= 4 is 17.7 Å². The predicted molar refractivity (Wildman–Crippen MR) is 68.8 cm³/mol. The van der Waals surface area contributed by atoms with Crippen molar-refractivity contribution in [2.75, 3.05) is 12.0 Å². The zero-order chi connectivity index (χ0) is 12.8. The third kappa shape index (κ3) is 4.40. The van der Waals surface area contributed by atoms with E-state index in [4.69, 9.17) is 10.2 Å². The highest BCUT2D eigenvalue weighted by atomic mass is 32.2. The molecule has 0 aromatic carbocycles. The Morgan fingerprint density at radius 2 is 2.29 bits per heavy atom. The second-order valence-electron chi connectivity index (χ2n) is 3.85. The number of carbonyl (C=O) groups is 1. The van der Waals surface area contributed by atoms with Crippen molar-refractivity contribution in [1.29, 1.82) is 0 Å². The van der Waals surface area contributed by atoms with Gasteiger partial charge in [0.05, 0.1) is 18.3 Å². The summed E-state index contributed by atoms with van der Waals surface area (Å²) in [6, 6.07) is -0.459. The molecule has 96 valence electrons. The fraction of sp³-hybridized carbons (Fsp3) is 0.636. The Morgan fingerprint density at radius 3 is 2.82 bits per heavy atom. The molecule has 1 rings (SSSR count). The molecule has 0 aliphatic heterocycles. The molecule has 17 heavy (non-hydrogen) atoms. The lowest BCUT2D eigenvalue weighted by Gasteiger charge is -2.10. The van der Waals surface area contributed by atoms with Crippen molar-refractivity contribution in [3.8, 4) is 0 Å². The maximum Gasteiger partial charge on any atom is 0.237 e. The molecule has 0 spiro atoms. The number of nitrogens with zero attached hydrogens (tertiary/aromatic N) is 1. The summed E-state index contributed by atoms with van der Waals surface area (Å²) in [5.74, 6) is 2.02. The van der Waals surface area contributed by atoms with Gasteiger partial charge in [0.15, 0.2) is 0 Å². The maximum absolute atomic E-state index is 11.6. The van der Waals surface area contributed by atoms with Crippen molar-refractivity contribution in [3.63, 3.8) is 0 Å². The molecule has 5 nitrogen and oxygen atoms in total. The first-order chi connectivity index (χ1) is 8.04. The molecule has 0 aliphatic rings. The maximum atomic E-state index is 11.6. The molecule has 1 amide bonds. The molecule has 1 aromatic rings. The number of nitrogens with two attached hydrogens (primary N) is 1. The van der Waals surface area contributed by atoms with Crippen LogP contribution in [0.15, 0.2) is 4.42 Å². The first-order valence-electron chi connectivity index (χ1n) is 5.49. The number of nitrogens with one attached hydrogen (secondary N) is 1. The van der Waals surface area contributed by atoms with Crippen LogP contribution in [0.3, 0.4) is 0 Å². The fourth-order valence-electron chi connectivity index (χ4n) is 1.28. The Labute approximate surface area is 106 Å². The van der Waals surface area contributed by atoms with Gasteiger partial charge in [-0.1, -0.05) is 0 Å². The van der Waals surface area contributed by atoms with Crippen LogP contribution in [0.2, 0.25) is 0 Å². The lowest BCUT2D eigenvalue weighted by atomic mass is 10.2. The predicted octanol–water partition coefficient (Wildman–Crippen LogP) is 0.988. The summed E-state index contributed by atoms with van der Waals surface area (Å²) < 4.78 is 5.35. The molecule has 0 fully saturated rings. The monoisotopic (exact) mass is 257 g/mol. The Balaban J connectivity index is 2.37. The van der Waals surface area contributed by atoms with Crippen LogP contribution in [-0.2, 0) is 11.3 Å². The number of hydrogen-bond acceptors (Lipinski definition) is 5. The molecule has 1 atom stereocenters. The SMILES string of the molecule is CSCC[C@@H](N)C(=O)NCc1nc(C)c(C)o1. The van der Waals surface area contributed by atoms with Crippen molar-refractivity contribution in [3.05, 3.63) is 17.3 Å². The quantitative estimate of drug-likeness (QED) is 0.794. The summed E-state index contributed by atoms with van der Waals surface area (Å²) in [5.41, 5.74) is 6.57. The second kappa shape index (κ2) is 6.66. The average Bonchev–Trinajstić information content (AvgIpc) is 2.62. The minimum absolute atomic E-state index is 0.160. The summed E-state index contributed by atoms with van der Waals surface area (Å²) in [6.45, 7) is 4.01. The molecule has 0 saturated heterocycles. The van der Waals surface area contributed by atoms with E-state index in [9.17, 15) is 4.79 Å². The van der Waals surface area contributed by atoms with E-state index in [1.165, 1.54) is 0 Å². The molecule has 0 bridgehead atoms. The van der Waals surface area contributed by atoms with E-state index < -0.39 is 6.04 Å². The number of aryl methyl sites for hydroxylation is 2. The summed E-state index contributed by atoms with van der Waals surface area (Å²) >= 11 is 1.68. The van der Waals surface area contributed by atoms with Gasteiger partial charge in [0.1, 0.15) is 5.76 Å². The van der Waals surface area contributed by atoms with Gasteiger partial charge >= 0.3 is 0 Å². The van der Waals surface area contributed by atoms with Gasteiger partial charge in [0, 0.05) is 0 Å². The summed E-state index contributed by atoms with van der Waals surface area (Å²) in [7, 11) is 0. The lowest BCUT2D eigenvalue weighted by molar-refractivity contribution is -0.122. The van der Waals surface area contributed by atoms with E-state index in [1.54, 1.807) is 11.8 Å². The standard InChI is InChI=1S/C11H19N3O2S/c1-7-8(2)16-10(14-7)6-13-11(15)9(12)4-5-17-3/h9H,4-6,12H2,1-3H3,(H,13,15)/t9-/m1/s1. The summed E-state index contributed by atoms with van der Waals surface area (Å²) in [6.07, 6.45) is 2.67. The Bertz CT molecular complexity index is 359. The molecule has 0 radical (unpaired) electrons. The number of carbonyl (C=O) groups excluding carboxylic acids is 1. The molecular weight excluding hydrogens is 238 g/mol.